The van der Waals surface area contributed by atoms with E-state index in [4.69, 9.17) is 5.26 Å². The number of carboxylic acids is 1. The van der Waals surface area contributed by atoms with Crippen LogP contribution in [-0.2, 0) is 0 Å². The number of alkyl halides is 1. The fourth-order valence-electron chi connectivity index (χ4n) is 3.57. The topological polar surface area (TPSA) is 81.6 Å². The minimum absolute atomic E-state index is 0.0434. The van der Waals surface area contributed by atoms with Gasteiger partial charge in [0.05, 0.1) is 29.4 Å². The molecule has 8 heteroatoms. The van der Waals surface area contributed by atoms with Gasteiger partial charge in [-0.2, -0.15) is 10.4 Å². The van der Waals surface area contributed by atoms with Crippen LogP contribution in [0, 0.1) is 17.1 Å². The molecule has 0 radical (unpaired) electrons. The lowest BCUT2D eigenvalue weighted by molar-refractivity contribution is 0.0699. The van der Waals surface area contributed by atoms with Gasteiger partial charge in [0.1, 0.15) is 17.6 Å². The van der Waals surface area contributed by atoms with Crippen LogP contribution in [0.4, 0.5) is 14.5 Å². The van der Waals surface area contributed by atoms with Crippen molar-refractivity contribution in [1.29, 1.82) is 5.26 Å². The predicted octanol–water partition coefficient (Wildman–Crippen LogP) is 3.33. The Kier molecular flexibility index (Phi) is 4.00. The minimum Gasteiger partial charge on any atom is -0.478 e. The molecule has 0 aliphatic carbocycles. The van der Waals surface area contributed by atoms with Gasteiger partial charge < -0.3 is 10.0 Å². The summed E-state index contributed by atoms with van der Waals surface area (Å²) in [7, 11) is 0. The molecular formula is C19H14F2N4O2. The number of benzene rings is 1. The van der Waals surface area contributed by atoms with Crippen molar-refractivity contribution in [2.24, 2.45) is 0 Å². The molecule has 0 amide bonds. The van der Waals surface area contributed by atoms with Crippen molar-refractivity contribution in [2.45, 2.75) is 18.6 Å². The molecule has 2 aromatic heterocycles. The van der Waals surface area contributed by atoms with Gasteiger partial charge in [-0.25, -0.2) is 18.1 Å². The van der Waals surface area contributed by atoms with E-state index in [9.17, 15) is 18.7 Å². The maximum absolute atomic E-state index is 14.2. The number of carboxylic acid groups (broad SMARTS) is 1. The van der Waals surface area contributed by atoms with Crippen LogP contribution in [0.3, 0.4) is 0 Å². The molecule has 2 atom stereocenters. The Morgan fingerprint density at radius 1 is 1.33 bits per heavy atom. The van der Waals surface area contributed by atoms with E-state index in [2.05, 4.69) is 5.10 Å². The van der Waals surface area contributed by atoms with Crippen molar-refractivity contribution in [3.63, 3.8) is 0 Å². The molecular weight excluding hydrogens is 354 g/mol. The second kappa shape index (κ2) is 6.36. The van der Waals surface area contributed by atoms with Gasteiger partial charge in [-0.15, -0.1) is 0 Å². The number of nitrogens with zero attached hydrogens (tertiary/aromatic N) is 4. The van der Waals surface area contributed by atoms with Gasteiger partial charge in [0, 0.05) is 24.8 Å². The number of aromatic carboxylic acids is 1. The minimum atomic E-state index is -1.12. The van der Waals surface area contributed by atoms with Crippen LogP contribution in [0.5, 0.6) is 0 Å². The number of carbonyl (C=O) groups is 1. The maximum atomic E-state index is 14.2. The highest BCUT2D eigenvalue weighted by Crippen LogP contribution is 2.38. The highest BCUT2D eigenvalue weighted by molar-refractivity contribution is 5.95. The van der Waals surface area contributed by atoms with Crippen LogP contribution in [0.15, 0.2) is 42.7 Å². The average molecular weight is 368 g/mol. The van der Waals surface area contributed by atoms with E-state index in [1.165, 1.54) is 16.8 Å². The van der Waals surface area contributed by atoms with Gasteiger partial charge in [-0.05, 0) is 35.9 Å². The Balaban J connectivity index is 1.79. The maximum Gasteiger partial charge on any atom is 0.339 e. The first-order chi connectivity index (χ1) is 13.0. The number of pyridine rings is 1. The zero-order chi connectivity index (χ0) is 19.1. The molecule has 3 aromatic rings. The molecule has 0 unspecified atom stereocenters. The lowest BCUT2D eigenvalue weighted by Crippen LogP contribution is -2.24. The summed E-state index contributed by atoms with van der Waals surface area (Å²) in [6, 6.07) is 8.78. The number of nitriles is 1. The molecule has 1 fully saturated rings. The Hall–Kier alpha value is -3.47. The normalized spacial score (nSPS) is 19.4. The standard InChI is InChI=1S/C19H14F2N4O2/c20-13-4-11(8-22)3-12(5-13)17-6-14(21)10-24(17)15-1-2-25-18(7-15)16(9-23-25)19(26)27/h1-5,7,9,14,17H,6,10H2,(H,26,27)/t14-,17+/m0/s1. The van der Waals surface area contributed by atoms with Crippen molar-refractivity contribution in [2.75, 3.05) is 11.4 Å². The van der Waals surface area contributed by atoms with Gasteiger partial charge in [0.25, 0.3) is 0 Å². The quantitative estimate of drug-likeness (QED) is 0.767. The first-order valence-corrected chi connectivity index (χ1v) is 8.28. The van der Waals surface area contributed by atoms with Crippen molar-refractivity contribution < 1.29 is 18.7 Å². The first kappa shape index (κ1) is 17.0. The summed E-state index contributed by atoms with van der Waals surface area (Å²) in [5.74, 6) is -1.65. The van der Waals surface area contributed by atoms with Crippen LogP contribution in [-0.4, -0.2) is 33.4 Å². The smallest absolute Gasteiger partial charge is 0.339 e. The van der Waals surface area contributed by atoms with Crippen molar-refractivity contribution in [1.82, 2.24) is 9.61 Å². The summed E-state index contributed by atoms with van der Waals surface area (Å²) >= 11 is 0. The summed E-state index contributed by atoms with van der Waals surface area (Å²) in [6.07, 6.45) is 1.90. The molecule has 136 valence electrons. The lowest BCUT2D eigenvalue weighted by atomic mass is 10.0. The van der Waals surface area contributed by atoms with Gasteiger partial charge in [0.15, 0.2) is 0 Å². The van der Waals surface area contributed by atoms with Crippen molar-refractivity contribution in [3.05, 3.63) is 65.2 Å². The third-order valence-corrected chi connectivity index (χ3v) is 4.75. The Morgan fingerprint density at radius 2 is 2.15 bits per heavy atom. The van der Waals surface area contributed by atoms with E-state index in [0.29, 0.717) is 16.8 Å². The molecule has 1 N–H and O–H groups in total. The van der Waals surface area contributed by atoms with Crippen LogP contribution < -0.4 is 4.90 Å². The van der Waals surface area contributed by atoms with Crippen LogP contribution in [0.25, 0.3) is 5.52 Å². The van der Waals surface area contributed by atoms with E-state index in [1.807, 2.05) is 6.07 Å². The lowest BCUT2D eigenvalue weighted by Gasteiger charge is -2.27. The molecule has 0 bridgehead atoms. The summed E-state index contributed by atoms with van der Waals surface area (Å²) < 4.78 is 29.5. The zero-order valence-electron chi connectivity index (χ0n) is 14.0. The SMILES string of the molecule is N#Cc1cc(F)cc([C@H]2C[C@H](F)CN2c2ccn3ncc(C(=O)O)c3c2)c1. The third kappa shape index (κ3) is 2.97. The molecule has 0 spiro atoms. The second-order valence-corrected chi connectivity index (χ2v) is 6.46. The molecule has 1 aliphatic rings. The molecule has 1 aliphatic heterocycles. The Bertz CT molecular complexity index is 1090. The summed E-state index contributed by atoms with van der Waals surface area (Å²) in [5.41, 5.74) is 1.73. The van der Waals surface area contributed by atoms with Crippen molar-refractivity contribution >= 4 is 17.2 Å². The van der Waals surface area contributed by atoms with Crippen LogP contribution in [0.1, 0.15) is 33.9 Å². The monoisotopic (exact) mass is 368 g/mol. The summed E-state index contributed by atoms with van der Waals surface area (Å²) in [4.78, 5) is 13.1. The summed E-state index contributed by atoms with van der Waals surface area (Å²) in [5, 5.41) is 22.4. The molecule has 6 nitrogen and oxygen atoms in total. The van der Waals surface area contributed by atoms with E-state index in [0.717, 1.165) is 6.07 Å². The van der Waals surface area contributed by atoms with E-state index in [-0.39, 0.29) is 24.1 Å². The Morgan fingerprint density at radius 3 is 2.89 bits per heavy atom. The average Bonchev–Trinajstić information content (AvgIpc) is 3.24. The van der Waals surface area contributed by atoms with Gasteiger partial charge in [0.2, 0.25) is 0 Å². The molecule has 27 heavy (non-hydrogen) atoms. The largest absolute Gasteiger partial charge is 0.478 e. The molecule has 1 aromatic carbocycles. The molecule has 0 saturated carbocycles. The summed E-state index contributed by atoms with van der Waals surface area (Å²) in [6.45, 7) is 0.0930. The fourth-order valence-corrected chi connectivity index (χ4v) is 3.57. The number of hydrogen-bond acceptors (Lipinski definition) is 4. The van der Waals surface area contributed by atoms with Crippen molar-refractivity contribution in [3.8, 4) is 6.07 Å². The molecule has 1 saturated heterocycles. The third-order valence-electron chi connectivity index (χ3n) is 4.75. The highest BCUT2D eigenvalue weighted by atomic mass is 19.1. The first-order valence-electron chi connectivity index (χ1n) is 8.28. The molecule has 4 rings (SSSR count). The van der Waals surface area contributed by atoms with Gasteiger partial charge in [-0.3, -0.25) is 0 Å². The van der Waals surface area contributed by atoms with Crippen LogP contribution >= 0.6 is 0 Å². The number of anilines is 1. The number of hydrogen-bond donors (Lipinski definition) is 1. The van der Waals surface area contributed by atoms with Gasteiger partial charge in [-0.1, -0.05) is 0 Å². The predicted molar refractivity (Wildman–Crippen MR) is 92.9 cm³/mol. The van der Waals surface area contributed by atoms with E-state index in [1.54, 1.807) is 29.3 Å². The van der Waals surface area contributed by atoms with Crippen LogP contribution in [0.2, 0.25) is 0 Å². The highest BCUT2D eigenvalue weighted by Gasteiger charge is 2.34. The number of rotatable bonds is 3. The number of fused-ring (bicyclic) bond motifs is 1. The van der Waals surface area contributed by atoms with E-state index >= 15 is 0 Å². The number of halogens is 2. The Labute approximate surface area is 152 Å². The van der Waals surface area contributed by atoms with Gasteiger partial charge >= 0.3 is 5.97 Å². The number of aromatic nitrogens is 2. The second-order valence-electron chi connectivity index (χ2n) is 6.46. The zero-order valence-corrected chi connectivity index (χ0v) is 14.0. The van der Waals surface area contributed by atoms with E-state index < -0.39 is 24.0 Å². The fraction of sp³-hybridized carbons (Fsp3) is 0.211. The molecule has 3 heterocycles.